The highest BCUT2D eigenvalue weighted by atomic mass is 16.5. The van der Waals surface area contributed by atoms with Crippen molar-refractivity contribution in [3.63, 3.8) is 0 Å². The van der Waals surface area contributed by atoms with Crippen LogP contribution in [-0.4, -0.2) is 45.9 Å². The van der Waals surface area contributed by atoms with E-state index in [0.29, 0.717) is 24.9 Å². The van der Waals surface area contributed by atoms with Crippen molar-refractivity contribution in [3.05, 3.63) is 35.2 Å². The Balaban J connectivity index is 1.40. The van der Waals surface area contributed by atoms with E-state index in [1.165, 1.54) is 0 Å². The van der Waals surface area contributed by atoms with E-state index in [4.69, 9.17) is 9.47 Å². The number of hydrogen-bond acceptors (Lipinski definition) is 6. The summed E-state index contributed by atoms with van der Waals surface area (Å²) in [6.07, 6.45) is 2.89. The van der Waals surface area contributed by atoms with Crippen LogP contribution in [0.1, 0.15) is 34.6 Å². The van der Waals surface area contributed by atoms with Gasteiger partial charge in [-0.3, -0.25) is 4.79 Å². The summed E-state index contributed by atoms with van der Waals surface area (Å²) >= 11 is 0. The summed E-state index contributed by atoms with van der Waals surface area (Å²) in [6, 6.07) is 5.56. The van der Waals surface area contributed by atoms with E-state index in [-0.39, 0.29) is 5.91 Å². The van der Waals surface area contributed by atoms with Gasteiger partial charge in [-0.25, -0.2) is 4.68 Å². The minimum Gasteiger partial charge on any atom is -0.486 e. The molecule has 25 heavy (non-hydrogen) atoms. The minimum atomic E-state index is -0.0202. The Bertz CT molecular complexity index is 754. The van der Waals surface area contributed by atoms with Crippen molar-refractivity contribution >= 4 is 5.91 Å². The molecule has 1 aromatic carbocycles. The summed E-state index contributed by atoms with van der Waals surface area (Å²) in [5.41, 5.74) is 1.74. The molecule has 0 saturated carbocycles. The molecule has 1 saturated heterocycles. The van der Waals surface area contributed by atoms with Crippen LogP contribution in [0.2, 0.25) is 0 Å². The number of fused-ring (bicyclic) bond motifs is 1. The summed E-state index contributed by atoms with van der Waals surface area (Å²) in [6.45, 7) is 3.38. The lowest BCUT2D eigenvalue weighted by Crippen LogP contribution is -2.31. The van der Waals surface area contributed by atoms with Gasteiger partial charge in [0.15, 0.2) is 5.82 Å². The lowest BCUT2D eigenvalue weighted by atomic mass is 10.0. The predicted octanol–water partition coefficient (Wildman–Crippen LogP) is 0.965. The molecule has 132 valence electrons. The van der Waals surface area contributed by atoms with Crippen molar-refractivity contribution in [2.75, 3.05) is 19.8 Å². The third-order valence-corrected chi connectivity index (χ3v) is 4.75. The minimum absolute atomic E-state index is 0.0202. The molecular formula is C17H21N5O3. The Hall–Kier alpha value is -2.48. The molecule has 2 aliphatic rings. The molecule has 8 nitrogen and oxygen atoms in total. The molecule has 2 aliphatic heterocycles. The Kier molecular flexibility index (Phi) is 4.60. The third-order valence-electron chi connectivity index (χ3n) is 4.75. The molecule has 0 radical (unpaired) electrons. The average Bonchev–Trinajstić information content (AvgIpc) is 3.08. The van der Waals surface area contributed by atoms with E-state index >= 15 is 0 Å². The molecule has 1 amide bonds. The maximum atomic E-state index is 11.8. The van der Waals surface area contributed by atoms with Gasteiger partial charge in [0.2, 0.25) is 0 Å². The number of amides is 1. The fourth-order valence-corrected chi connectivity index (χ4v) is 3.28. The third kappa shape index (κ3) is 3.63. The van der Waals surface area contributed by atoms with Crippen LogP contribution < -0.4 is 10.1 Å². The SMILES string of the molecule is O=C1NCCc2cc(OCc3nnnn3CC3CCOCC3)ccc21. The summed E-state index contributed by atoms with van der Waals surface area (Å²) in [5, 5.41) is 14.8. The Labute approximate surface area is 145 Å². The van der Waals surface area contributed by atoms with Crippen LogP contribution in [0, 0.1) is 5.92 Å². The summed E-state index contributed by atoms with van der Waals surface area (Å²) in [5.74, 6) is 1.96. The molecule has 8 heteroatoms. The number of carbonyl (C=O) groups is 1. The second kappa shape index (κ2) is 7.18. The predicted molar refractivity (Wildman–Crippen MR) is 88.2 cm³/mol. The maximum Gasteiger partial charge on any atom is 0.251 e. The number of carbonyl (C=O) groups excluding carboxylic acids is 1. The van der Waals surface area contributed by atoms with Gasteiger partial charge in [-0.15, -0.1) is 5.10 Å². The number of aromatic nitrogens is 4. The second-order valence-electron chi connectivity index (χ2n) is 6.45. The van der Waals surface area contributed by atoms with Crippen molar-refractivity contribution < 1.29 is 14.3 Å². The van der Waals surface area contributed by atoms with Crippen molar-refractivity contribution in [2.24, 2.45) is 5.92 Å². The zero-order valence-corrected chi connectivity index (χ0v) is 14.0. The molecule has 3 heterocycles. The largest absolute Gasteiger partial charge is 0.486 e. The van der Waals surface area contributed by atoms with Crippen LogP contribution >= 0.6 is 0 Å². The number of tetrazole rings is 1. The quantitative estimate of drug-likeness (QED) is 0.870. The van der Waals surface area contributed by atoms with Gasteiger partial charge in [0.05, 0.1) is 0 Å². The molecule has 0 atom stereocenters. The van der Waals surface area contributed by atoms with E-state index < -0.39 is 0 Å². The Morgan fingerprint density at radius 3 is 3.08 bits per heavy atom. The molecule has 0 bridgehead atoms. The first-order valence-corrected chi connectivity index (χ1v) is 8.66. The van der Waals surface area contributed by atoms with Crippen LogP contribution in [-0.2, 0) is 24.3 Å². The Morgan fingerprint density at radius 2 is 2.20 bits per heavy atom. The Morgan fingerprint density at radius 1 is 1.32 bits per heavy atom. The van der Waals surface area contributed by atoms with Crippen molar-refractivity contribution in [1.82, 2.24) is 25.5 Å². The van der Waals surface area contributed by atoms with Crippen molar-refractivity contribution in [3.8, 4) is 5.75 Å². The highest BCUT2D eigenvalue weighted by Crippen LogP contribution is 2.22. The molecule has 1 aromatic heterocycles. The number of ether oxygens (including phenoxy) is 2. The average molecular weight is 343 g/mol. The molecule has 0 spiro atoms. The van der Waals surface area contributed by atoms with Gasteiger partial charge >= 0.3 is 0 Å². The van der Waals surface area contributed by atoms with Gasteiger partial charge < -0.3 is 14.8 Å². The van der Waals surface area contributed by atoms with Gasteiger partial charge in [0.25, 0.3) is 5.91 Å². The zero-order valence-electron chi connectivity index (χ0n) is 14.0. The highest BCUT2D eigenvalue weighted by Gasteiger charge is 2.19. The van der Waals surface area contributed by atoms with E-state index in [1.807, 2.05) is 22.9 Å². The van der Waals surface area contributed by atoms with Crippen LogP contribution in [0.4, 0.5) is 0 Å². The maximum absolute atomic E-state index is 11.8. The first-order valence-electron chi connectivity index (χ1n) is 8.66. The molecule has 4 rings (SSSR count). The van der Waals surface area contributed by atoms with E-state index in [0.717, 1.165) is 55.9 Å². The van der Waals surface area contributed by atoms with Gasteiger partial charge in [-0.1, -0.05) is 0 Å². The van der Waals surface area contributed by atoms with Crippen molar-refractivity contribution in [1.29, 1.82) is 0 Å². The highest BCUT2D eigenvalue weighted by molar-refractivity contribution is 5.96. The number of nitrogens with zero attached hydrogens (tertiary/aromatic N) is 4. The fourth-order valence-electron chi connectivity index (χ4n) is 3.28. The van der Waals surface area contributed by atoms with Crippen LogP contribution in [0.25, 0.3) is 0 Å². The summed E-state index contributed by atoms with van der Waals surface area (Å²) in [4.78, 5) is 11.8. The zero-order chi connectivity index (χ0) is 17.1. The topological polar surface area (TPSA) is 91.2 Å². The van der Waals surface area contributed by atoms with Crippen LogP contribution in [0.5, 0.6) is 5.75 Å². The van der Waals surface area contributed by atoms with Crippen molar-refractivity contribution in [2.45, 2.75) is 32.4 Å². The van der Waals surface area contributed by atoms with Gasteiger partial charge in [-0.05, 0) is 59.4 Å². The molecule has 1 fully saturated rings. The molecule has 0 unspecified atom stereocenters. The number of benzene rings is 1. The van der Waals surface area contributed by atoms with Crippen LogP contribution in [0.15, 0.2) is 18.2 Å². The number of rotatable bonds is 5. The summed E-state index contributed by atoms with van der Waals surface area (Å²) < 4.78 is 13.1. The fraction of sp³-hybridized carbons (Fsp3) is 0.529. The molecule has 2 aromatic rings. The lowest BCUT2D eigenvalue weighted by Gasteiger charge is -2.22. The normalized spacial score (nSPS) is 17.8. The summed E-state index contributed by atoms with van der Waals surface area (Å²) in [7, 11) is 0. The monoisotopic (exact) mass is 343 g/mol. The number of nitrogens with one attached hydrogen (secondary N) is 1. The van der Waals surface area contributed by atoms with Gasteiger partial charge in [0, 0.05) is 31.9 Å². The first-order chi connectivity index (χ1) is 12.3. The molecule has 1 N–H and O–H groups in total. The van der Waals surface area contributed by atoms with E-state index in [1.54, 1.807) is 0 Å². The molecule has 0 aliphatic carbocycles. The second-order valence-corrected chi connectivity index (χ2v) is 6.45. The molecular weight excluding hydrogens is 322 g/mol. The van der Waals surface area contributed by atoms with E-state index in [2.05, 4.69) is 20.8 Å². The lowest BCUT2D eigenvalue weighted by molar-refractivity contribution is 0.0593. The standard InChI is InChI=1S/C17H21N5O3/c23-17-15-2-1-14(9-13(15)3-6-18-17)25-11-16-19-20-21-22(16)10-12-4-7-24-8-5-12/h1-2,9,12H,3-8,10-11H2,(H,18,23). The first kappa shape index (κ1) is 16.0. The van der Waals surface area contributed by atoms with Crippen LogP contribution in [0.3, 0.4) is 0 Å². The van der Waals surface area contributed by atoms with E-state index in [9.17, 15) is 4.79 Å². The van der Waals surface area contributed by atoms with Gasteiger partial charge in [-0.2, -0.15) is 0 Å². The van der Waals surface area contributed by atoms with Gasteiger partial charge in [0.1, 0.15) is 12.4 Å². The number of hydrogen-bond donors (Lipinski definition) is 1. The smallest absolute Gasteiger partial charge is 0.251 e.